The molecular formula is C13H14BrClN2O2. The lowest BCUT2D eigenvalue weighted by atomic mass is 10.2. The molecule has 1 N–H and O–H groups in total. The molecule has 0 aliphatic carbocycles. The summed E-state index contributed by atoms with van der Waals surface area (Å²) in [6.07, 6.45) is 0.948. The van der Waals surface area contributed by atoms with Gasteiger partial charge >= 0.3 is 0 Å². The summed E-state index contributed by atoms with van der Waals surface area (Å²) in [5, 5.41) is 3.57. The van der Waals surface area contributed by atoms with E-state index in [1.807, 2.05) is 13.0 Å². The first-order chi connectivity index (χ1) is 9.02. The maximum absolute atomic E-state index is 12.1. The molecule has 4 nitrogen and oxygen atoms in total. The number of carbonyl (C=O) groups excluding carboxylic acids is 2. The number of nitrogens with one attached hydrogen (secondary N) is 1. The molecule has 19 heavy (non-hydrogen) atoms. The van der Waals surface area contributed by atoms with E-state index in [1.165, 1.54) is 4.90 Å². The average Bonchev–Trinajstić information content (AvgIpc) is 2.62. The summed E-state index contributed by atoms with van der Waals surface area (Å²) in [5.74, 6) is -0.307. The van der Waals surface area contributed by atoms with Crippen LogP contribution in [0.25, 0.3) is 0 Å². The second-order valence-electron chi connectivity index (χ2n) is 4.41. The van der Waals surface area contributed by atoms with E-state index in [0.29, 0.717) is 17.3 Å². The second-order valence-corrected chi connectivity index (χ2v) is 5.73. The molecule has 6 heteroatoms. The summed E-state index contributed by atoms with van der Waals surface area (Å²) < 4.78 is 0.863. The molecule has 1 fully saturated rings. The van der Waals surface area contributed by atoms with E-state index in [2.05, 4.69) is 21.2 Å². The van der Waals surface area contributed by atoms with Crippen LogP contribution in [0.3, 0.4) is 0 Å². The third-order valence-electron chi connectivity index (χ3n) is 2.95. The molecule has 1 aliphatic heterocycles. The molecule has 0 saturated carbocycles. The van der Waals surface area contributed by atoms with E-state index in [9.17, 15) is 9.59 Å². The van der Waals surface area contributed by atoms with Crippen LogP contribution < -0.4 is 5.32 Å². The van der Waals surface area contributed by atoms with Gasteiger partial charge in [-0.05, 0) is 24.6 Å². The van der Waals surface area contributed by atoms with Crippen molar-refractivity contribution in [2.24, 2.45) is 0 Å². The van der Waals surface area contributed by atoms with Crippen LogP contribution in [0.5, 0.6) is 0 Å². The third-order valence-corrected chi connectivity index (χ3v) is 3.77. The van der Waals surface area contributed by atoms with E-state index in [-0.39, 0.29) is 18.2 Å². The van der Waals surface area contributed by atoms with Crippen molar-refractivity contribution in [3.05, 3.63) is 27.7 Å². The third kappa shape index (κ3) is 3.09. The lowest BCUT2D eigenvalue weighted by molar-refractivity contribution is -0.138. The molecular weight excluding hydrogens is 332 g/mol. The molecule has 2 amide bonds. The largest absolute Gasteiger partial charge is 0.372 e. The number of rotatable bonds is 4. The number of imide groups is 1. The zero-order valence-corrected chi connectivity index (χ0v) is 12.8. The minimum atomic E-state index is -0.522. The van der Waals surface area contributed by atoms with Crippen molar-refractivity contribution in [3.8, 4) is 0 Å². The Kier molecular flexibility index (Phi) is 4.47. The van der Waals surface area contributed by atoms with Crippen LogP contribution in [-0.4, -0.2) is 29.3 Å². The molecule has 0 spiro atoms. The Hall–Kier alpha value is -1.07. The topological polar surface area (TPSA) is 49.4 Å². The number of nitrogens with zero attached hydrogens (tertiary/aromatic N) is 1. The van der Waals surface area contributed by atoms with Gasteiger partial charge in [0.05, 0.1) is 17.1 Å². The Bertz CT molecular complexity index is 521. The fourth-order valence-corrected chi connectivity index (χ4v) is 2.58. The molecule has 0 radical (unpaired) electrons. The smallest absolute Gasteiger partial charge is 0.252 e. The van der Waals surface area contributed by atoms with Gasteiger partial charge < -0.3 is 5.32 Å². The van der Waals surface area contributed by atoms with Crippen LogP contribution in [0.4, 0.5) is 5.69 Å². The molecule has 1 unspecified atom stereocenters. The van der Waals surface area contributed by atoms with E-state index in [4.69, 9.17) is 11.6 Å². The van der Waals surface area contributed by atoms with Crippen molar-refractivity contribution in [1.29, 1.82) is 0 Å². The molecule has 1 aromatic carbocycles. The first kappa shape index (κ1) is 14.3. The second kappa shape index (κ2) is 5.92. The highest BCUT2D eigenvalue weighted by molar-refractivity contribution is 9.10. The summed E-state index contributed by atoms with van der Waals surface area (Å²) in [5.41, 5.74) is 0.653. The number of likely N-dealkylation sites (tertiary alicyclic amines) is 1. The fraction of sp³-hybridized carbons (Fsp3) is 0.385. The van der Waals surface area contributed by atoms with Crippen molar-refractivity contribution < 1.29 is 9.59 Å². The molecule has 0 bridgehead atoms. The van der Waals surface area contributed by atoms with Gasteiger partial charge in [0, 0.05) is 11.0 Å². The molecule has 1 atom stereocenters. The Morgan fingerprint density at radius 2 is 2.21 bits per heavy atom. The van der Waals surface area contributed by atoms with Crippen molar-refractivity contribution in [1.82, 2.24) is 4.90 Å². The summed E-state index contributed by atoms with van der Waals surface area (Å²) in [6.45, 7) is 2.41. The van der Waals surface area contributed by atoms with Gasteiger partial charge in [-0.25, -0.2) is 0 Å². The minimum Gasteiger partial charge on any atom is -0.372 e. The maximum atomic E-state index is 12.1. The van der Waals surface area contributed by atoms with Gasteiger partial charge in [0.15, 0.2) is 0 Å². The van der Waals surface area contributed by atoms with Crippen LogP contribution >= 0.6 is 27.5 Å². The van der Waals surface area contributed by atoms with Crippen LogP contribution in [0.15, 0.2) is 22.7 Å². The lowest BCUT2D eigenvalue weighted by Crippen LogP contribution is -2.35. The van der Waals surface area contributed by atoms with Gasteiger partial charge in [-0.2, -0.15) is 0 Å². The highest BCUT2D eigenvalue weighted by Gasteiger charge is 2.38. The summed E-state index contributed by atoms with van der Waals surface area (Å²) >= 11 is 9.41. The van der Waals surface area contributed by atoms with Gasteiger partial charge in [-0.3, -0.25) is 14.5 Å². The first-order valence-corrected chi connectivity index (χ1v) is 7.25. The Morgan fingerprint density at radius 1 is 1.47 bits per heavy atom. The number of hydrogen-bond acceptors (Lipinski definition) is 3. The number of benzene rings is 1. The summed E-state index contributed by atoms with van der Waals surface area (Å²) in [6, 6.07) is 4.82. The quantitative estimate of drug-likeness (QED) is 0.853. The zero-order valence-electron chi connectivity index (χ0n) is 10.5. The SMILES string of the molecule is CCCN1C(=O)CC(Nc2cc(Br)ccc2Cl)C1=O. The van der Waals surface area contributed by atoms with E-state index >= 15 is 0 Å². The highest BCUT2D eigenvalue weighted by atomic mass is 79.9. The summed E-state index contributed by atoms with van der Waals surface area (Å²) in [7, 11) is 0. The van der Waals surface area contributed by atoms with Crippen LogP contribution in [0, 0.1) is 0 Å². The van der Waals surface area contributed by atoms with Gasteiger partial charge in [-0.15, -0.1) is 0 Å². The van der Waals surface area contributed by atoms with Gasteiger partial charge in [0.2, 0.25) is 5.91 Å². The number of hydrogen-bond donors (Lipinski definition) is 1. The fourth-order valence-electron chi connectivity index (χ4n) is 2.05. The maximum Gasteiger partial charge on any atom is 0.252 e. The van der Waals surface area contributed by atoms with Gasteiger partial charge in [0.25, 0.3) is 5.91 Å². The number of anilines is 1. The number of amides is 2. The van der Waals surface area contributed by atoms with Crippen molar-refractivity contribution in [2.45, 2.75) is 25.8 Å². The van der Waals surface area contributed by atoms with E-state index < -0.39 is 6.04 Å². The normalized spacial score (nSPS) is 19.1. The Labute approximate surface area is 125 Å². The molecule has 1 aromatic rings. The monoisotopic (exact) mass is 344 g/mol. The van der Waals surface area contributed by atoms with E-state index in [1.54, 1.807) is 12.1 Å². The number of halogens is 2. The van der Waals surface area contributed by atoms with Gasteiger partial charge in [-0.1, -0.05) is 34.5 Å². The molecule has 1 saturated heterocycles. The zero-order chi connectivity index (χ0) is 14.0. The Morgan fingerprint density at radius 3 is 2.89 bits per heavy atom. The first-order valence-electron chi connectivity index (χ1n) is 6.08. The molecule has 102 valence electrons. The molecule has 0 aromatic heterocycles. The molecule has 1 heterocycles. The van der Waals surface area contributed by atoms with Crippen molar-refractivity contribution in [3.63, 3.8) is 0 Å². The standard InChI is InChI=1S/C13H14BrClN2O2/c1-2-5-17-12(18)7-11(13(17)19)16-10-6-8(14)3-4-9(10)15/h3-4,6,11,16H,2,5,7H2,1H3. The number of carbonyl (C=O) groups is 2. The Balaban J connectivity index is 2.14. The van der Waals surface area contributed by atoms with E-state index in [0.717, 1.165) is 10.9 Å². The van der Waals surface area contributed by atoms with Crippen LogP contribution in [0.2, 0.25) is 5.02 Å². The van der Waals surface area contributed by atoms with Crippen LogP contribution in [-0.2, 0) is 9.59 Å². The predicted molar refractivity (Wildman–Crippen MR) is 78.2 cm³/mol. The molecule has 2 rings (SSSR count). The van der Waals surface area contributed by atoms with Crippen molar-refractivity contribution >= 4 is 45.0 Å². The highest BCUT2D eigenvalue weighted by Crippen LogP contribution is 2.28. The van der Waals surface area contributed by atoms with Crippen LogP contribution in [0.1, 0.15) is 19.8 Å². The van der Waals surface area contributed by atoms with Crippen molar-refractivity contribution in [2.75, 3.05) is 11.9 Å². The molecule has 1 aliphatic rings. The minimum absolute atomic E-state index is 0.129. The average molecular weight is 346 g/mol. The van der Waals surface area contributed by atoms with Gasteiger partial charge in [0.1, 0.15) is 6.04 Å². The predicted octanol–water partition coefficient (Wildman–Crippen LogP) is 3.05. The lowest BCUT2D eigenvalue weighted by Gasteiger charge is -2.16. The summed E-state index contributed by atoms with van der Waals surface area (Å²) in [4.78, 5) is 25.2.